The molecule has 1 aromatic carbocycles. The number of fused-ring (bicyclic) bond motifs is 3. The van der Waals surface area contributed by atoms with E-state index >= 15 is 0 Å². The van der Waals surface area contributed by atoms with Gasteiger partial charge in [0.25, 0.3) is 0 Å². The SMILES string of the molecule is CN(C)c1cc(NC(=O)CNC2CC3(CCC3)C2)c(O)c2c1C[C@H]1C[C@H]3[C@H](N(C)C)C(=O)C(C(N)=O)C(=O)[C@@]3(O)C(=O)C1C2=O. The standard InChI is InChI=1S/C32H41N5O8/c1-36(2)19-10-18(35-20(38)13-34-15-11-31(12-15)6-5-7-31)25(39)22-16(19)8-14-9-17-24(37(3)4)27(41)23(30(33)44)29(43)32(17,45)28(42)21(14)26(22)40/h10,14-15,17,21,23-24,34,39,45H,5-9,11-13H2,1-4H3,(H2,33,44)(H,35,38)/t14-,17-,21?,23?,24-,32-/m0/s1. The zero-order valence-corrected chi connectivity index (χ0v) is 26.0. The van der Waals surface area contributed by atoms with E-state index in [1.165, 1.54) is 24.2 Å². The summed E-state index contributed by atoms with van der Waals surface area (Å²) in [6.07, 6.45) is 5.90. The number of nitrogens with zero attached hydrogens (tertiary/aromatic N) is 2. The van der Waals surface area contributed by atoms with Crippen LogP contribution in [-0.4, -0.2) is 102 Å². The molecule has 13 nitrogen and oxygen atoms in total. The third-order valence-electron chi connectivity index (χ3n) is 11.1. The average Bonchev–Trinajstić information content (AvgIpc) is 2.90. The van der Waals surface area contributed by atoms with Crippen molar-refractivity contribution < 1.29 is 39.0 Å². The summed E-state index contributed by atoms with van der Waals surface area (Å²) in [5.74, 6) is -11.6. The van der Waals surface area contributed by atoms with Crippen molar-refractivity contribution in [2.75, 3.05) is 45.0 Å². The maximum absolute atomic E-state index is 14.2. The second kappa shape index (κ2) is 10.7. The van der Waals surface area contributed by atoms with Crippen molar-refractivity contribution in [2.24, 2.45) is 34.8 Å². The van der Waals surface area contributed by atoms with Gasteiger partial charge in [0.15, 0.2) is 34.7 Å². The summed E-state index contributed by atoms with van der Waals surface area (Å²) in [6, 6.07) is 0.676. The van der Waals surface area contributed by atoms with Gasteiger partial charge in [0.1, 0.15) is 5.75 Å². The van der Waals surface area contributed by atoms with E-state index < -0.39 is 76.0 Å². The van der Waals surface area contributed by atoms with Crippen LogP contribution in [0.15, 0.2) is 6.07 Å². The summed E-state index contributed by atoms with van der Waals surface area (Å²) < 4.78 is 0. The van der Waals surface area contributed by atoms with E-state index in [0.717, 1.165) is 12.8 Å². The molecule has 6 rings (SSSR count). The predicted molar refractivity (Wildman–Crippen MR) is 162 cm³/mol. The van der Waals surface area contributed by atoms with Gasteiger partial charge in [-0.1, -0.05) is 6.42 Å². The van der Waals surface area contributed by atoms with Gasteiger partial charge in [-0.25, -0.2) is 0 Å². The number of likely N-dealkylation sites (N-methyl/N-ethyl adjacent to an activating group) is 1. The van der Waals surface area contributed by atoms with Crippen LogP contribution in [0.3, 0.4) is 0 Å². The van der Waals surface area contributed by atoms with Gasteiger partial charge in [-0.2, -0.15) is 0 Å². The number of carbonyl (C=O) groups excluding carboxylic acids is 6. The van der Waals surface area contributed by atoms with Crippen LogP contribution in [0, 0.1) is 29.1 Å². The van der Waals surface area contributed by atoms with E-state index in [2.05, 4.69) is 10.6 Å². The molecule has 45 heavy (non-hydrogen) atoms. The number of rotatable bonds is 7. The van der Waals surface area contributed by atoms with E-state index in [-0.39, 0.29) is 36.7 Å². The van der Waals surface area contributed by atoms with Crippen molar-refractivity contribution in [3.8, 4) is 5.75 Å². The number of primary amides is 1. The van der Waals surface area contributed by atoms with Crippen molar-refractivity contribution in [3.63, 3.8) is 0 Å². The van der Waals surface area contributed by atoms with Crippen LogP contribution >= 0.6 is 0 Å². The van der Waals surface area contributed by atoms with E-state index in [0.29, 0.717) is 16.7 Å². The van der Waals surface area contributed by atoms with Gasteiger partial charge >= 0.3 is 0 Å². The highest BCUT2D eigenvalue weighted by molar-refractivity contribution is 6.32. The van der Waals surface area contributed by atoms with Crippen LogP contribution < -0.4 is 21.3 Å². The monoisotopic (exact) mass is 623 g/mol. The Balaban J connectivity index is 1.31. The number of Topliss-reactive ketones (excluding diaryl/α,β-unsaturated/α-hetero) is 4. The molecule has 1 aromatic rings. The molecule has 2 amide bonds. The number of aromatic hydroxyl groups is 1. The lowest BCUT2D eigenvalue weighted by molar-refractivity contribution is -0.181. The molecule has 5 aliphatic rings. The van der Waals surface area contributed by atoms with Crippen LogP contribution in [0.5, 0.6) is 5.75 Å². The smallest absolute Gasteiger partial charge is 0.238 e. The quantitative estimate of drug-likeness (QED) is 0.199. The first-order valence-electron chi connectivity index (χ1n) is 15.6. The molecule has 0 radical (unpaired) electrons. The summed E-state index contributed by atoms with van der Waals surface area (Å²) in [7, 11) is 6.58. The second-order valence-corrected chi connectivity index (χ2v) is 14.2. The fourth-order valence-electron chi connectivity index (χ4n) is 8.79. The van der Waals surface area contributed by atoms with Crippen molar-refractivity contribution in [3.05, 3.63) is 17.2 Å². The van der Waals surface area contributed by atoms with Gasteiger partial charge in [0, 0.05) is 31.7 Å². The molecule has 4 fully saturated rings. The maximum Gasteiger partial charge on any atom is 0.238 e. The molecule has 1 spiro atoms. The van der Waals surface area contributed by atoms with Crippen molar-refractivity contribution in [1.82, 2.24) is 10.2 Å². The van der Waals surface area contributed by atoms with E-state index in [9.17, 15) is 39.0 Å². The van der Waals surface area contributed by atoms with Crippen molar-refractivity contribution in [1.29, 1.82) is 0 Å². The highest BCUT2D eigenvalue weighted by Crippen LogP contribution is 2.56. The Hall–Kier alpha value is -3.68. The summed E-state index contributed by atoms with van der Waals surface area (Å²) in [6.45, 7) is 0.0228. The molecule has 5 aliphatic carbocycles. The van der Waals surface area contributed by atoms with Gasteiger partial charge in [-0.05, 0) is 75.6 Å². The number of hydrogen-bond acceptors (Lipinski definition) is 11. The van der Waals surface area contributed by atoms with E-state index in [4.69, 9.17) is 5.73 Å². The Morgan fingerprint density at radius 3 is 2.29 bits per heavy atom. The van der Waals surface area contributed by atoms with Crippen LogP contribution in [0.1, 0.15) is 54.4 Å². The number of anilines is 2. The molecular weight excluding hydrogens is 582 g/mol. The van der Waals surface area contributed by atoms with Gasteiger partial charge in [0.2, 0.25) is 11.8 Å². The van der Waals surface area contributed by atoms with Gasteiger partial charge in [0.05, 0.1) is 29.8 Å². The number of benzene rings is 1. The summed E-state index contributed by atoms with van der Waals surface area (Å²) in [5.41, 5.74) is 3.88. The third-order valence-corrected chi connectivity index (χ3v) is 11.1. The van der Waals surface area contributed by atoms with Crippen LogP contribution in [0.25, 0.3) is 0 Å². The lowest BCUT2D eigenvalue weighted by Crippen LogP contribution is -2.74. The van der Waals surface area contributed by atoms with E-state index in [1.54, 1.807) is 39.2 Å². The number of phenolic OH excluding ortho intramolecular Hbond substituents is 1. The van der Waals surface area contributed by atoms with Crippen LogP contribution in [0.4, 0.5) is 11.4 Å². The fraction of sp³-hybridized carbons (Fsp3) is 0.625. The van der Waals surface area contributed by atoms with Crippen LogP contribution in [0.2, 0.25) is 0 Å². The zero-order valence-electron chi connectivity index (χ0n) is 26.0. The maximum atomic E-state index is 14.2. The molecule has 0 aromatic heterocycles. The molecule has 2 unspecified atom stereocenters. The number of aliphatic hydroxyl groups is 1. The highest BCUT2D eigenvalue weighted by Gasteiger charge is 2.69. The number of ketones is 4. The average molecular weight is 624 g/mol. The topological polar surface area (TPSA) is 199 Å². The van der Waals surface area contributed by atoms with E-state index in [1.807, 2.05) is 0 Å². The minimum Gasteiger partial charge on any atom is -0.505 e. The Bertz CT molecular complexity index is 1530. The first-order chi connectivity index (χ1) is 21.1. The number of carbonyl (C=O) groups is 6. The molecule has 0 saturated heterocycles. The number of nitrogens with two attached hydrogens (primary N) is 1. The Morgan fingerprint density at radius 1 is 1.07 bits per heavy atom. The molecule has 0 heterocycles. The second-order valence-electron chi connectivity index (χ2n) is 14.2. The lowest BCUT2D eigenvalue weighted by atomic mass is 9.52. The number of phenols is 1. The summed E-state index contributed by atoms with van der Waals surface area (Å²) >= 11 is 0. The number of amides is 2. The molecule has 6 N–H and O–H groups in total. The minimum atomic E-state index is -2.80. The fourth-order valence-corrected chi connectivity index (χ4v) is 8.79. The Kier molecular flexibility index (Phi) is 7.45. The highest BCUT2D eigenvalue weighted by atomic mass is 16.3. The van der Waals surface area contributed by atoms with Crippen molar-refractivity contribution >= 4 is 46.3 Å². The lowest BCUT2D eigenvalue weighted by Gasteiger charge is -2.54. The summed E-state index contributed by atoms with van der Waals surface area (Å²) in [5, 5.41) is 29.1. The molecule has 4 saturated carbocycles. The predicted octanol–water partition coefficient (Wildman–Crippen LogP) is -0.206. The van der Waals surface area contributed by atoms with Gasteiger partial charge in [-0.3, -0.25) is 33.7 Å². The minimum absolute atomic E-state index is 0.000716. The molecule has 13 heteroatoms. The van der Waals surface area contributed by atoms with Gasteiger partial charge < -0.3 is 31.5 Å². The van der Waals surface area contributed by atoms with Gasteiger partial charge in [-0.15, -0.1) is 0 Å². The Labute approximate surface area is 260 Å². The molecule has 6 atom stereocenters. The largest absolute Gasteiger partial charge is 0.505 e. The Morgan fingerprint density at radius 2 is 1.73 bits per heavy atom. The first-order valence-corrected chi connectivity index (χ1v) is 15.6. The molecular formula is C32H41N5O8. The normalized spacial score (nSPS) is 31.9. The first kappa shape index (κ1) is 31.3. The number of nitrogens with one attached hydrogen (secondary N) is 2. The van der Waals surface area contributed by atoms with Crippen LogP contribution in [-0.2, 0) is 30.4 Å². The molecule has 242 valence electrons. The molecule has 0 bridgehead atoms. The zero-order chi connectivity index (χ0) is 32.7. The van der Waals surface area contributed by atoms with Crippen molar-refractivity contribution in [2.45, 2.75) is 62.6 Å². The molecule has 0 aliphatic heterocycles. The summed E-state index contributed by atoms with van der Waals surface area (Å²) in [4.78, 5) is 83.3. The third kappa shape index (κ3) is 4.61. The number of hydrogen-bond donors (Lipinski definition) is 5.